The number of aromatic nitrogens is 1. The van der Waals surface area contributed by atoms with E-state index in [0.29, 0.717) is 19.4 Å². The highest BCUT2D eigenvalue weighted by atomic mass is 32.1. The lowest BCUT2D eigenvalue weighted by Crippen LogP contribution is -2.53. The van der Waals surface area contributed by atoms with Gasteiger partial charge >= 0.3 is 0 Å². The van der Waals surface area contributed by atoms with Crippen LogP contribution < -0.4 is 10.6 Å². The molecule has 0 bridgehead atoms. The fourth-order valence-corrected chi connectivity index (χ4v) is 6.61. The molecule has 2 N–H and O–H groups in total. The summed E-state index contributed by atoms with van der Waals surface area (Å²) >= 11 is 1.59. The molecule has 7 heteroatoms. The molecule has 2 aliphatic carbocycles. The van der Waals surface area contributed by atoms with E-state index in [4.69, 9.17) is 0 Å². The molecule has 0 saturated heterocycles. The van der Waals surface area contributed by atoms with Crippen LogP contribution in [0, 0.1) is 0 Å². The highest BCUT2D eigenvalue weighted by Crippen LogP contribution is 2.43. The molecular formula is C26H28N4O2S. The normalized spacial score (nSPS) is 25.8. The van der Waals surface area contributed by atoms with Gasteiger partial charge in [-0.2, -0.15) is 0 Å². The molecule has 1 fully saturated rings. The zero-order chi connectivity index (χ0) is 22.4. The van der Waals surface area contributed by atoms with Crippen LogP contribution in [0.15, 0.2) is 47.1 Å². The monoisotopic (exact) mass is 460 g/mol. The molecule has 6 nitrogen and oxygen atoms in total. The van der Waals surface area contributed by atoms with E-state index in [1.807, 2.05) is 5.38 Å². The Morgan fingerprint density at radius 1 is 1.24 bits per heavy atom. The van der Waals surface area contributed by atoms with Crippen molar-refractivity contribution >= 4 is 29.2 Å². The zero-order valence-electron chi connectivity index (χ0n) is 18.5. The van der Waals surface area contributed by atoms with Gasteiger partial charge in [0.05, 0.1) is 29.2 Å². The Balaban J connectivity index is 1.47. The lowest BCUT2D eigenvalue weighted by molar-refractivity contribution is -0.137. The molecule has 4 aliphatic rings. The average molecular weight is 461 g/mol. The third-order valence-electron chi connectivity index (χ3n) is 7.46. The van der Waals surface area contributed by atoms with Gasteiger partial charge in [-0.15, -0.1) is 11.3 Å². The highest BCUT2D eigenvalue weighted by molar-refractivity contribution is 7.09. The van der Waals surface area contributed by atoms with Crippen molar-refractivity contribution in [3.8, 4) is 0 Å². The fraction of sp³-hybridized carbons (Fsp3) is 0.423. The SMILES string of the molecule is O=C1NCC2=C1[C@@H](c1cccc3c1C=CC3)N(C(=O)CCc1nccs1)[C@@H]1CCCC[C@H]1N2. The first-order valence-electron chi connectivity index (χ1n) is 12.0. The number of amides is 2. The van der Waals surface area contributed by atoms with Crippen LogP contribution in [0.3, 0.4) is 0 Å². The third kappa shape index (κ3) is 3.59. The Morgan fingerprint density at radius 3 is 3.03 bits per heavy atom. The van der Waals surface area contributed by atoms with Crippen LogP contribution in [0.25, 0.3) is 6.08 Å². The summed E-state index contributed by atoms with van der Waals surface area (Å²) in [6, 6.07) is 6.22. The second-order valence-electron chi connectivity index (χ2n) is 9.33. The van der Waals surface area contributed by atoms with Crippen LogP contribution in [0.5, 0.6) is 0 Å². The predicted molar refractivity (Wildman–Crippen MR) is 128 cm³/mol. The average Bonchev–Trinajstić information content (AvgIpc) is 3.57. The van der Waals surface area contributed by atoms with Gasteiger partial charge in [0, 0.05) is 36.2 Å². The minimum Gasteiger partial charge on any atom is -0.382 e. The van der Waals surface area contributed by atoms with E-state index in [0.717, 1.165) is 53.9 Å². The maximum absolute atomic E-state index is 14.0. The maximum Gasteiger partial charge on any atom is 0.251 e. The third-order valence-corrected chi connectivity index (χ3v) is 8.30. The van der Waals surface area contributed by atoms with E-state index >= 15 is 0 Å². The van der Waals surface area contributed by atoms with E-state index in [-0.39, 0.29) is 29.9 Å². The molecule has 6 rings (SSSR count). The van der Waals surface area contributed by atoms with Crippen molar-refractivity contribution in [2.45, 2.75) is 63.1 Å². The number of benzene rings is 1. The van der Waals surface area contributed by atoms with Crippen molar-refractivity contribution in [2.24, 2.45) is 0 Å². The Hall–Kier alpha value is -2.93. The first-order chi connectivity index (χ1) is 16.2. The van der Waals surface area contributed by atoms with Gasteiger partial charge in [0.2, 0.25) is 5.91 Å². The van der Waals surface area contributed by atoms with Crippen molar-refractivity contribution < 1.29 is 9.59 Å². The summed E-state index contributed by atoms with van der Waals surface area (Å²) in [4.78, 5) is 33.6. The van der Waals surface area contributed by atoms with Crippen LogP contribution in [0.2, 0.25) is 0 Å². The van der Waals surface area contributed by atoms with Gasteiger partial charge in [-0.3, -0.25) is 9.59 Å². The van der Waals surface area contributed by atoms with Gasteiger partial charge < -0.3 is 15.5 Å². The van der Waals surface area contributed by atoms with E-state index in [9.17, 15) is 9.59 Å². The van der Waals surface area contributed by atoms with E-state index in [1.54, 1.807) is 17.5 Å². The molecule has 33 heavy (non-hydrogen) atoms. The summed E-state index contributed by atoms with van der Waals surface area (Å²) < 4.78 is 0. The quantitative estimate of drug-likeness (QED) is 0.732. The second-order valence-corrected chi connectivity index (χ2v) is 10.3. The first kappa shape index (κ1) is 20.7. The van der Waals surface area contributed by atoms with Crippen molar-refractivity contribution in [1.82, 2.24) is 20.5 Å². The number of fused-ring (bicyclic) bond motifs is 2. The second kappa shape index (κ2) is 8.45. The van der Waals surface area contributed by atoms with Crippen LogP contribution in [-0.2, 0) is 22.4 Å². The fourth-order valence-electron chi connectivity index (χ4n) is 5.99. The lowest BCUT2D eigenvalue weighted by Gasteiger charge is -2.43. The van der Waals surface area contributed by atoms with Crippen LogP contribution in [0.1, 0.15) is 59.8 Å². The summed E-state index contributed by atoms with van der Waals surface area (Å²) in [5.41, 5.74) is 5.19. The number of hydrogen-bond acceptors (Lipinski definition) is 5. The molecule has 1 aromatic heterocycles. The number of allylic oxidation sites excluding steroid dienone is 1. The molecule has 2 aliphatic heterocycles. The van der Waals surface area contributed by atoms with E-state index in [1.165, 1.54) is 11.1 Å². The van der Waals surface area contributed by atoms with Crippen molar-refractivity contribution in [3.05, 3.63) is 68.8 Å². The van der Waals surface area contributed by atoms with Crippen LogP contribution in [-0.4, -0.2) is 40.3 Å². The largest absolute Gasteiger partial charge is 0.382 e. The molecule has 3 atom stereocenters. The van der Waals surface area contributed by atoms with Crippen molar-refractivity contribution in [3.63, 3.8) is 0 Å². The van der Waals surface area contributed by atoms with Gasteiger partial charge in [0.1, 0.15) is 0 Å². The molecule has 1 aromatic carbocycles. The van der Waals surface area contributed by atoms with Crippen molar-refractivity contribution in [2.75, 3.05) is 6.54 Å². The molecule has 170 valence electrons. The Kier molecular flexibility index (Phi) is 5.29. The number of nitrogens with one attached hydrogen (secondary N) is 2. The summed E-state index contributed by atoms with van der Waals surface area (Å²) in [6.07, 6.45) is 12.3. The minimum atomic E-state index is -0.371. The number of carbonyl (C=O) groups excluding carboxylic acids is 2. The topological polar surface area (TPSA) is 74.3 Å². The number of carbonyl (C=O) groups is 2. The Bertz CT molecular complexity index is 1150. The lowest BCUT2D eigenvalue weighted by atomic mass is 9.85. The number of rotatable bonds is 4. The number of thiazole rings is 1. The number of aryl methyl sites for hydroxylation is 1. The minimum absolute atomic E-state index is 0.0570. The highest BCUT2D eigenvalue weighted by Gasteiger charge is 2.46. The first-order valence-corrected chi connectivity index (χ1v) is 12.8. The van der Waals surface area contributed by atoms with Crippen LogP contribution >= 0.6 is 11.3 Å². The van der Waals surface area contributed by atoms with E-state index in [2.05, 4.69) is 50.9 Å². The molecule has 2 aromatic rings. The standard InChI is InChI=1S/C26H28N4O2S/c31-23(12-11-22-27-13-14-33-22)30-21-10-2-1-9-19(21)29-20-15-28-26(32)24(20)25(30)18-8-4-6-16-5-3-7-17(16)18/h3-4,6-8,13-14,19,21,25,29H,1-2,5,9-12,15H2,(H,28,32)/t19-,21-,25-/m1/s1. The van der Waals surface area contributed by atoms with Crippen molar-refractivity contribution in [1.29, 1.82) is 0 Å². The Labute approximate surface area is 197 Å². The molecule has 3 heterocycles. The molecular weight excluding hydrogens is 432 g/mol. The summed E-state index contributed by atoms with van der Waals surface area (Å²) in [7, 11) is 0. The Morgan fingerprint density at radius 2 is 2.15 bits per heavy atom. The molecule has 0 spiro atoms. The van der Waals surface area contributed by atoms with E-state index < -0.39 is 0 Å². The summed E-state index contributed by atoms with van der Waals surface area (Å²) in [5, 5.41) is 9.67. The van der Waals surface area contributed by atoms with Gasteiger partial charge in [0.15, 0.2) is 0 Å². The smallest absolute Gasteiger partial charge is 0.251 e. The number of nitrogens with zero attached hydrogens (tertiary/aromatic N) is 2. The molecule has 1 saturated carbocycles. The summed E-state index contributed by atoms with van der Waals surface area (Å²) in [5.74, 6) is 0.0559. The van der Waals surface area contributed by atoms with Gasteiger partial charge in [-0.05, 0) is 36.0 Å². The zero-order valence-corrected chi connectivity index (χ0v) is 19.4. The van der Waals surface area contributed by atoms with Gasteiger partial charge in [-0.25, -0.2) is 4.98 Å². The summed E-state index contributed by atoms with van der Waals surface area (Å²) in [6.45, 7) is 0.514. The molecule has 0 radical (unpaired) electrons. The van der Waals surface area contributed by atoms with Gasteiger partial charge in [0.25, 0.3) is 5.91 Å². The number of hydrogen-bond donors (Lipinski definition) is 2. The predicted octanol–water partition coefficient (Wildman–Crippen LogP) is 3.51. The molecule has 0 unspecified atom stereocenters. The maximum atomic E-state index is 14.0. The van der Waals surface area contributed by atoms with Crippen LogP contribution in [0.4, 0.5) is 0 Å². The molecule has 2 amide bonds. The van der Waals surface area contributed by atoms with Gasteiger partial charge in [-0.1, -0.05) is 43.2 Å².